The van der Waals surface area contributed by atoms with Crippen molar-refractivity contribution in [3.05, 3.63) is 34.0 Å². The molecular formula is C13H20N4S. The predicted molar refractivity (Wildman–Crippen MR) is 74.9 cm³/mol. The maximum Gasteiger partial charge on any atom is 0.114 e. The number of aromatic nitrogens is 3. The molecule has 0 saturated heterocycles. The highest BCUT2D eigenvalue weighted by Crippen LogP contribution is 2.24. The number of hydrogen-bond donors (Lipinski definition) is 1. The van der Waals surface area contributed by atoms with Crippen molar-refractivity contribution in [2.45, 2.75) is 39.3 Å². The van der Waals surface area contributed by atoms with Gasteiger partial charge in [0, 0.05) is 23.5 Å². The summed E-state index contributed by atoms with van der Waals surface area (Å²) >= 11 is 1.71. The van der Waals surface area contributed by atoms with Crippen LogP contribution in [0.1, 0.15) is 37.2 Å². The van der Waals surface area contributed by atoms with Crippen molar-refractivity contribution in [3.63, 3.8) is 0 Å². The molecular weight excluding hydrogens is 244 g/mol. The summed E-state index contributed by atoms with van der Waals surface area (Å²) in [6, 6.07) is 2.04. The van der Waals surface area contributed by atoms with E-state index in [1.165, 1.54) is 0 Å². The van der Waals surface area contributed by atoms with Crippen LogP contribution in [0.3, 0.4) is 0 Å². The highest BCUT2D eigenvalue weighted by Gasteiger charge is 2.17. The van der Waals surface area contributed by atoms with Gasteiger partial charge in [0.25, 0.3) is 0 Å². The monoisotopic (exact) mass is 264 g/mol. The highest BCUT2D eigenvalue weighted by atomic mass is 32.1. The van der Waals surface area contributed by atoms with Gasteiger partial charge in [-0.25, -0.2) is 4.98 Å². The van der Waals surface area contributed by atoms with Crippen molar-refractivity contribution in [1.29, 1.82) is 0 Å². The third kappa shape index (κ3) is 3.17. The van der Waals surface area contributed by atoms with E-state index in [0.717, 1.165) is 29.5 Å². The molecule has 2 heterocycles. The lowest BCUT2D eigenvalue weighted by molar-refractivity contribution is 0.567. The molecule has 0 spiro atoms. The van der Waals surface area contributed by atoms with Crippen molar-refractivity contribution in [2.24, 2.45) is 0 Å². The topological polar surface area (TPSA) is 42.7 Å². The van der Waals surface area contributed by atoms with Gasteiger partial charge in [-0.2, -0.15) is 5.10 Å². The number of rotatable bonds is 4. The molecule has 0 aliphatic carbocycles. The van der Waals surface area contributed by atoms with Gasteiger partial charge in [0.2, 0.25) is 0 Å². The summed E-state index contributed by atoms with van der Waals surface area (Å²) in [5, 5.41) is 10.8. The van der Waals surface area contributed by atoms with Crippen LogP contribution in [0.5, 0.6) is 0 Å². The quantitative estimate of drug-likeness (QED) is 0.922. The van der Waals surface area contributed by atoms with Crippen LogP contribution in [0.4, 0.5) is 0 Å². The summed E-state index contributed by atoms with van der Waals surface area (Å²) in [6.45, 7) is 8.11. The first-order valence-electron chi connectivity index (χ1n) is 6.11. The van der Waals surface area contributed by atoms with Gasteiger partial charge >= 0.3 is 0 Å². The maximum absolute atomic E-state index is 4.67. The van der Waals surface area contributed by atoms with Crippen molar-refractivity contribution in [1.82, 2.24) is 20.1 Å². The van der Waals surface area contributed by atoms with Crippen molar-refractivity contribution < 1.29 is 0 Å². The third-order valence-electron chi connectivity index (χ3n) is 2.67. The molecule has 0 bridgehead atoms. The van der Waals surface area contributed by atoms with E-state index in [-0.39, 0.29) is 5.41 Å². The molecule has 0 fully saturated rings. The van der Waals surface area contributed by atoms with Gasteiger partial charge in [0.05, 0.1) is 17.9 Å². The summed E-state index contributed by atoms with van der Waals surface area (Å²) in [4.78, 5) is 4.67. The normalized spacial score (nSPS) is 12.0. The SMILES string of the molecule is CNCc1ccn(Cc2nc(C(C)(C)C)cs2)n1. The molecule has 0 atom stereocenters. The van der Waals surface area contributed by atoms with Crippen LogP contribution in [-0.2, 0) is 18.5 Å². The second-order valence-corrected chi connectivity index (χ2v) is 6.35. The Kier molecular flexibility index (Phi) is 3.82. The molecule has 0 aromatic carbocycles. The fourth-order valence-electron chi connectivity index (χ4n) is 1.63. The zero-order valence-corrected chi connectivity index (χ0v) is 12.2. The predicted octanol–water partition coefficient (Wildman–Crippen LogP) is 2.40. The van der Waals surface area contributed by atoms with Crippen LogP contribution in [0.15, 0.2) is 17.6 Å². The molecule has 0 aliphatic rings. The Morgan fingerprint density at radius 3 is 2.78 bits per heavy atom. The van der Waals surface area contributed by atoms with E-state index in [1.807, 2.05) is 24.0 Å². The Hall–Kier alpha value is -1.20. The van der Waals surface area contributed by atoms with E-state index < -0.39 is 0 Å². The summed E-state index contributed by atoms with van der Waals surface area (Å²) in [5.74, 6) is 0. The van der Waals surface area contributed by atoms with E-state index in [1.54, 1.807) is 11.3 Å². The smallest absolute Gasteiger partial charge is 0.114 e. The lowest BCUT2D eigenvalue weighted by Gasteiger charge is -2.14. The van der Waals surface area contributed by atoms with Crippen LogP contribution in [-0.4, -0.2) is 21.8 Å². The van der Waals surface area contributed by atoms with Crippen LogP contribution < -0.4 is 5.32 Å². The molecule has 0 radical (unpaired) electrons. The van der Waals surface area contributed by atoms with E-state index in [2.05, 4.69) is 41.6 Å². The van der Waals surface area contributed by atoms with Crippen LogP contribution in [0, 0.1) is 0 Å². The summed E-state index contributed by atoms with van der Waals surface area (Å²) in [5.41, 5.74) is 2.34. The Balaban J connectivity index is 2.06. The second kappa shape index (κ2) is 5.20. The fraction of sp³-hybridized carbons (Fsp3) is 0.538. The minimum absolute atomic E-state index is 0.121. The molecule has 0 amide bonds. The molecule has 2 rings (SSSR count). The number of nitrogens with one attached hydrogen (secondary N) is 1. The molecule has 2 aromatic heterocycles. The highest BCUT2D eigenvalue weighted by molar-refractivity contribution is 7.09. The van der Waals surface area contributed by atoms with E-state index in [0.29, 0.717) is 0 Å². The number of hydrogen-bond acceptors (Lipinski definition) is 4. The Bertz CT molecular complexity index is 507. The molecule has 4 nitrogen and oxygen atoms in total. The molecule has 98 valence electrons. The van der Waals surface area contributed by atoms with Crippen molar-refractivity contribution in [3.8, 4) is 0 Å². The number of thiazole rings is 1. The first-order chi connectivity index (χ1) is 8.49. The van der Waals surface area contributed by atoms with Crippen molar-refractivity contribution in [2.75, 3.05) is 7.05 Å². The van der Waals surface area contributed by atoms with Crippen LogP contribution >= 0.6 is 11.3 Å². The minimum atomic E-state index is 0.121. The number of nitrogens with zero attached hydrogens (tertiary/aromatic N) is 3. The van der Waals surface area contributed by atoms with Gasteiger partial charge in [-0.3, -0.25) is 4.68 Å². The molecule has 0 unspecified atom stereocenters. The zero-order chi connectivity index (χ0) is 13.2. The Morgan fingerprint density at radius 2 is 2.17 bits per heavy atom. The van der Waals surface area contributed by atoms with Crippen LogP contribution in [0.2, 0.25) is 0 Å². The van der Waals surface area contributed by atoms with Gasteiger partial charge in [-0.15, -0.1) is 11.3 Å². The first kappa shape index (κ1) is 13.2. The molecule has 0 saturated carbocycles. The largest absolute Gasteiger partial charge is 0.314 e. The average Bonchev–Trinajstić information content (AvgIpc) is 2.88. The molecule has 2 aromatic rings. The first-order valence-corrected chi connectivity index (χ1v) is 6.99. The van der Waals surface area contributed by atoms with Gasteiger partial charge in [0.15, 0.2) is 0 Å². The summed E-state index contributed by atoms with van der Waals surface area (Å²) in [6.07, 6.45) is 2.00. The van der Waals surface area contributed by atoms with Gasteiger partial charge < -0.3 is 5.32 Å². The minimum Gasteiger partial charge on any atom is -0.314 e. The summed E-state index contributed by atoms with van der Waals surface area (Å²) in [7, 11) is 1.93. The lowest BCUT2D eigenvalue weighted by Crippen LogP contribution is -2.12. The zero-order valence-electron chi connectivity index (χ0n) is 11.4. The van der Waals surface area contributed by atoms with Crippen molar-refractivity contribution >= 4 is 11.3 Å². The molecule has 1 N–H and O–H groups in total. The third-order valence-corrected chi connectivity index (χ3v) is 3.50. The maximum atomic E-state index is 4.67. The van der Waals surface area contributed by atoms with E-state index >= 15 is 0 Å². The van der Waals surface area contributed by atoms with Gasteiger partial charge in [0.1, 0.15) is 5.01 Å². The fourth-order valence-corrected chi connectivity index (χ4v) is 2.65. The standard InChI is InChI=1S/C13H20N4S/c1-13(2,3)11-9-18-12(15-11)8-17-6-5-10(16-17)7-14-4/h5-6,9,14H,7-8H2,1-4H3. The van der Waals surface area contributed by atoms with E-state index in [9.17, 15) is 0 Å². The van der Waals surface area contributed by atoms with E-state index in [4.69, 9.17) is 0 Å². The lowest BCUT2D eigenvalue weighted by atomic mass is 9.93. The van der Waals surface area contributed by atoms with Gasteiger partial charge in [-0.1, -0.05) is 20.8 Å². The second-order valence-electron chi connectivity index (χ2n) is 5.41. The molecule has 5 heteroatoms. The Labute approximate surface area is 112 Å². The molecule has 18 heavy (non-hydrogen) atoms. The van der Waals surface area contributed by atoms with Gasteiger partial charge in [-0.05, 0) is 13.1 Å². The Morgan fingerprint density at radius 1 is 1.39 bits per heavy atom. The molecule has 0 aliphatic heterocycles. The summed E-state index contributed by atoms with van der Waals surface area (Å²) < 4.78 is 1.94. The van der Waals surface area contributed by atoms with Crippen LogP contribution in [0.25, 0.3) is 0 Å². The average molecular weight is 264 g/mol.